The summed E-state index contributed by atoms with van der Waals surface area (Å²) in [4.78, 5) is 21.2. The molecule has 1 aliphatic rings. The Morgan fingerprint density at radius 1 is 0.894 bits per heavy atom. The number of benzene rings is 3. The van der Waals surface area contributed by atoms with Crippen LogP contribution in [0.5, 0.6) is 0 Å². The molecule has 5 rings (SSSR count). The summed E-state index contributed by atoms with van der Waals surface area (Å²) in [6.07, 6.45) is 8.62. The van der Waals surface area contributed by atoms with Crippen LogP contribution in [0.25, 0.3) is 33.3 Å². The molecule has 3 aromatic carbocycles. The van der Waals surface area contributed by atoms with E-state index in [4.69, 9.17) is 9.97 Å². The molecule has 4 aromatic rings. The van der Waals surface area contributed by atoms with E-state index in [2.05, 4.69) is 89.2 Å². The number of ketones is 1. The Morgan fingerprint density at radius 3 is 2.15 bits per heavy atom. The number of allylic oxidation sites excluding steroid dienone is 2. The molecule has 0 spiro atoms. The maximum absolute atomic E-state index is 11.7. The standard InChI is InChI=1S/C29H29N2.C13H24O2.Ir/c1-18(2)19-10-12-24-21(14-19)11-13-25-27(30-17-31-28(24)25)22-15-20-8-6-7-9-23(20)26(16-22)29(3,4)5;1-5-10(6-2)12(14)9-13(15)11(7-3)8-4;/h6-10,12,14,16-18H,11,13H2,1-5H3;9-11,14H,5-8H2,1-4H3;/q-1;;/b;12-9-;. The average Bonchev–Trinajstić information content (AvgIpc) is 3.04. The minimum atomic E-state index is 0. The molecule has 1 heterocycles. The monoisotopic (exact) mass is 810 g/mol. The molecule has 1 N–H and O–H groups in total. The van der Waals surface area contributed by atoms with Gasteiger partial charge in [-0.1, -0.05) is 110 Å². The molecule has 0 aliphatic heterocycles. The summed E-state index contributed by atoms with van der Waals surface area (Å²) in [6.45, 7) is 19.4. The van der Waals surface area contributed by atoms with Crippen molar-refractivity contribution in [3.8, 4) is 22.5 Å². The maximum atomic E-state index is 11.7. The fourth-order valence-corrected chi connectivity index (χ4v) is 6.54. The average molecular weight is 810 g/mol. The number of carbonyl (C=O) groups is 1. The molecule has 5 heteroatoms. The van der Waals surface area contributed by atoms with Gasteiger partial charge in [0.25, 0.3) is 0 Å². The van der Waals surface area contributed by atoms with E-state index in [1.54, 1.807) is 6.33 Å². The molecular formula is C42H53IrN2O2-. The van der Waals surface area contributed by atoms with Gasteiger partial charge in [-0.15, -0.1) is 29.1 Å². The van der Waals surface area contributed by atoms with E-state index in [0.717, 1.165) is 60.9 Å². The van der Waals surface area contributed by atoms with E-state index in [1.165, 1.54) is 39.3 Å². The van der Waals surface area contributed by atoms with Gasteiger partial charge in [-0.25, -0.2) is 4.98 Å². The molecule has 253 valence electrons. The second kappa shape index (κ2) is 16.8. The van der Waals surface area contributed by atoms with Crippen LogP contribution in [0, 0.1) is 17.9 Å². The van der Waals surface area contributed by atoms with Crippen LogP contribution in [-0.2, 0) is 43.2 Å². The van der Waals surface area contributed by atoms with Gasteiger partial charge in [0.15, 0.2) is 5.78 Å². The molecule has 4 nitrogen and oxygen atoms in total. The Hall–Kier alpha value is -3.14. The zero-order valence-corrected chi connectivity index (χ0v) is 32.2. The van der Waals surface area contributed by atoms with E-state index in [1.807, 2.05) is 27.7 Å². The van der Waals surface area contributed by atoms with Crippen LogP contribution in [0.1, 0.15) is 116 Å². The van der Waals surface area contributed by atoms with Gasteiger partial charge >= 0.3 is 0 Å². The number of aromatic nitrogens is 2. The third kappa shape index (κ3) is 8.86. The van der Waals surface area contributed by atoms with E-state index < -0.39 is 0 Å². The summed E-state index contributed by atoms with van der Waals surface area (Å²) < 4.78 is 0. The first-order chi connectivity index (χ1) is 21.9. The van der Waals surface area contributed by atoms with Gasteiger partial charge in [0.05, 0.1) is 11.5 Å². The van der Waals surface area contributed by atoms with E-state index in [-0.39, 0.29) is 48.9 Å². The van der Waals surface area contributed by atoms with Gasteiger partial charge in [-0.05, 0) is 66.5 Å². The summed E-state index contributed by atoms with van der Waals surface area (Å²) in [5.41, 5.74) is 9.86. The second-order valence-corrected chi connectivity index (χ2v) is 14.0. The first-order valence-electron chi connectivity index (χ1n) is 17.3. The van der Waals surface area contributed by atoms with Gasteiger partial charge in [-0.2, -0.15) is 0 Å². The zero-order chi connectivity index (χ0) is 33.6. The predicted molar refractivity (Wildman–Crippen MR) is 193 cm³/mol. The molecule has 0 fully saturated rings. The molecule has 0 amide bonds. The number of aliphatic hydroxyl groups is 1. The summed E-state index contributed by atoms with van der Waals surface area (Å²) in [7, 11) is 0. The van der Waals surface area contributed by atoms with E-state index in [0.29, 0.717) is 5.92 Å². The first kappa shape index (κ1) is 38.3. The smallest absolute Gasteiger partial charge is 0.162 e. The van der Waals surface area contributed by atoms with Crippen LogP contribution in [0.3, 0.4) is 0 Å². The van der Waals surface area contributed by atoms with Crippen molar-refractivity contribution in [2.24, 2.45) is 11.8 Å². The van der Waals surface area contributed by atoms with Crippen LogP contribution in [0.4, 0.5) is 0 Å². The molecule has 0 saturated heterocycles. The fourth-order valence-electron chi connectivity index (χ4n) is 6.54. The quantitative estimate of drug-likeness (QED) is 0.104. The Morgan fingerprint density at radius 2 is 1.53 bits per heavy atom. The van der Waals surface area contributed by atoms with Crippen molar-refractivity contribution >= 4 is 16.6 Å². The molecule has 0 atom stereocenters. The van der Waals surface area contributed by atoms with Crippen LogP contribution in [-0.4, -0.2) is 20.9 Å². The van der Waals surface area contributed by atoms with Gasteiger partial charge < -0.3 is 5.11 Å². The van der Waals surface area contributed by atoms with Gasteiger partial charge in [0.1, 0.15) is 6.33 Å². The number of nitrogens with zero attached hydrogens (tertiary/aromatic N) is 2. The summed E-state index contributed by atoms with van der Waals surface area (Å²) in [5, 5.41) is 12.2. The van der Waals surface area contributed by atoms with Gasteiger partial charge in [0, 0.05) is 49.3 Å². The van der Waals surface area contributed by atoms with Crippen molar-refractivity contribution in [3.63, 3.8) is 0 Å². The molecule has 1 radical (unpaired) electrons. The van der Waals surface area contributed by atoms with Crippen LogP contribution in [0.15, 0.2) is 66.7 Å². The van der Waals surface area contributed by atoms with E-state index >= 15 is 0 Å². The summed E-state index contributed by atoms with van der Waals surface area (Å²) in [6, 6.07) is 21.4. The van der Waals surface area contributed by atoms with Crippen molar-refractivity contribution in [2.45, 2.75) is 112 Å². The number of aliphatic hydroxyl groups excluding tert-OH is 1. The number of carbonyl (C=O) groups excluding carboxylic acids is 1. The largest absolute Gasteiger partial charge is 0.512 e. The van der Waals surface area contributed by atoms with Gasteiger partial charge in [0.2, 0.25) is 0 Å². The Balaban J connectivity index is 0.000000322. The van der Waals surface area contributed by atoms with Crippen LogP contribution < -0.4 is 0 Å². The van der Waals surface area contributed by atoms with Crippen molar-refractivity contribution in [2.75, 3.05) is 0 Å². The normalized spacial score (nSPS) is 12.8. The molecule has 1 aromatic heterocycles. The predicted octanol–water partition coefficient (Wildman–Crippen LogP) is 11.2. The maximum Gasteiger partial charge on any atom is 0.162 e. The minimum absolute atomic E-state index is 0. The van der Waals surface area contributed by atoms with Crippen molar-refractivity contribution in [1.82, 2.24) is 9.97 Å². The molecule has 47 heavy (non-hydrogen) atoms. The first-order valence-corrected chi connectivity index (χ1v) is 17.3. The number of hydrogen-bond acceptors (Lipinski definition) is 4. The Kier molecular flexibility index (Phi) is 13.7. The van der Waals surface area contributed by atoms with Crippen LogP contribution in [0.2, 0.25) is 0 Å². The summed E-state index contributed by atoms with van der Waals surface area (Å²) in [5.74, 6) is 1.09. The second-order valence-electron chi connectivity index (χ2n) is 14.0. The third-order valence-electron chi connectivity index (χ3n) is 9.56. The molecule has 0 saturated carbocycles. The number of fused-ring (bicyclic) bond motifs is 4. The van der Waals surface area contributed by atoms with Gasteiger partial charge in [-0.3, -0.25) is 9.78 Å². The zero-order valence-electron chi connectivity index (χ0n) is 29.8. The van der Waals surface area contributed by atoms with E-state index in [9.17, 15) is 9.90 Å². The molecule has 0 unspecified atom stereocenters. The van der Waals surface area contributed by atoms with Crippen LogP contribution >= 0.6 is 0 Å². The molecular weight excluding hydrogens is 757 g/mol. The minimum Gasteiger partial charge on any atom is -0.512 e. The van der Waals surface area contributed by atoms with Crippen molar-refractivity contribution < 1.29 is 30.0 Å². The SMILES string of the molecule is CC(C)c1ccc2c(c1)CCc1c(-c3[c-]c4ccccc4c(C(C)(C)C)c3)ncnc1-2.CCC(CC)C(=O)/C=C(\O)C(CC)CC.[Ir]. The molecule has 0 bridgehead atoms. The Bertz CT molecular complexity index is 1690. The number of rotatable bonds is 9. The number of hydrogen-bond donors (Lipinski definition) is 1. The number of aryl methyl sites for hydroxylation is 1. The Labute approximate surface area is 296 Å². The topological polar surface area (TPSA) is 63.1 Å². The third-order valence-corrected chi connectivity index (χ3v) is 9.56. The molecule has 1 aliphatic carbocycles. The summed E-state index contributed by atoms with van der Waals surface area (Å²) >= 11 is 0. The van der Waals surface area contributed by atoms with Crippen molar-refractivity contribution in [3.05, 3.63) is 95.0 Å². The fraction of sp³-hybridized carbons (Fsp3) is 0.452. The van der Waals surface area contributed by atoms with Crippen molar-refractivity contribution in [1.29, 1.82) is 0 Å².